The second-order valence-electron chi connectivity index (χ2n) is 2.92. The first-order valence-corrected chi connectivity index (χ1v) is 4.64. The van der Waals surface area contributed by atoms with E-state index in [0.717, 1.165) is 5.92 Å². The predicted molar refractivity (Wildman–Crippen MR) is 42.4 cm³/mol. The smallest absolute Gasteiger partial charge is 0.0674 e. The van der Waals surface area contributed by atoms with E-state index in [1.807, 2.05) is 0 Å². The first-order valence-electron chi connectivity index (χ1n) is 3.75. The molecule has 2 rings (SSSR count). The van der Waals surface area contributed by atoms with Crippen LogP contribution in [-0.4, -0.2) is 9.96 Å². The molecule has 0 aromatic carbocycles. The molecule has 1 fully saturated rings. The Hall–Kier alpha value is -0.360. The molecular formula is C7H11N2P. The summed E-state index contributed by atoms with van der Waals surface area (Å²) in [5.74, 6) is 0.861. The molecule has 0 bridgehead atoms. The minimum absolute atomic E-state index is 0.861. The Bertz CT molecular complexity index is 227. The van der Waals surface area contributed by atoms with E-state index in [0.29, 0.717) is 0 Å². The van der Waals surface area contributed by atoms with Gasteiger partial charge in [-0.15, -0.1) is 0 Å². The molecule has 0 saturated heterocycles. The highest BCUT2D eigenvalue weighted by atomic mass is 31.0. The molecule has 1 N–H and O–H groups in total. The predicted octanol–water partition coefficient (Wildman–Crippen LogP) is 2.57. The lowest BCUT2D eigenvalue weighted by Crippen LogP contribution is -2.07. The van der Waals surface area contributed by atoms with Crippen molar-refractivity contribution in [2.45, 2.75) is 32.1 Å². The standard InChI is InChI=1S/C7H11N2P/c1-5-7(10-9-8-5)6-3-2-4-6/h6H,2-4H2,1H3,(H,8,9). The van der Waals surface area contributed by atoms with E-state index >= 15 is 0 Å². The first kappa shape index (κ1) is 6.36. The summed E-state index contributed by atoms with van der Waals surface area (Å²) >= 11 is 0. The second-order valence-corrected chi connectivity index (χ2v) is 3.83. The van der Waals surface area contributed by atoms with Gasteiger partial charge >= 0.3 is 0 Å². The number of rotatable bonds is 1. The minimum Gasteiger partial charge on any atom is -0.260 e. The summed E-state index contributed by atoms with van der Waals surface area (Å²) < 4.78 is 0. The van der Waals surface area contributed by atoms with Crippen molar-refractivity contribution in [2.24, 2.45) is 0 Å². The Balaban J connectivity index is 2.23. The van der Waals surface area contributed by atoms with Gasteiger partial charge in [0.15, 0.2) is 0 Å². The van der Waals surface area contributed by atoms with E-state index in [4.69, 9.17) is 0 Å². The van der Waals surface area contributed by atoms with E-state index in [9.17, 15) is 0 Å². The van der Waals surface area contributed by atoms with Gasteiger partial charge < -0.3 is 0 Å². The maximum Gasteiger partial charge on any atom is 0.0674 e. The molecule has 2 nitrogen and oxygen atoms in total. The molecule has 1 aliphatic carbocycles. The topological polar surface area (TPSA) is 28.7 Å². The van der Waals surface area contributed by atoms with Crippen molar-refractivity contribution in [2.75, 3.05) is 0 Å². The van der Waals surface area contributed by atoms with Crippen molar-refractivity contribution < 1.29 is 0 Å². The summed E-state index contributed by atoms with van der Waals surface area (Å²) in [6, 6.07) is 0. The summed E-state index contributed by atoms with van der Waals surface area (Å²) in [5, 5.41) is 5.67. The Kier molecular flexibility index (Phi) is 1.50. The monoisotopic (exact) mass is 154 g/mol. The van der Waals surface area contributed by atoms with Crippen LogP contribution in [0.15, 0.2) is 0 Å². The number of aromatic amines is 1. The first-order chi connectivity index (χ1) is 4.88. The van der Waals surface area contributed by atoms with Crippen LogP contribution < -0.4 is 0 Å². The van der Waals surface area contributed by atoms with Crippen LogP contribution in [0, 0.1) is 6.92 Å². The molecule has 1 aromatic rings. The fraction of sp³-hybridized carbons (Fsp3) is 0.714. The highest BCUT2D eigenvalue weighted by Crippen LogP contribution is 2.40. The third kappa shape index (κ3) is 0.873. The molecule has 0 aliphatic heterocycles. The van der Waals surface area contributed by atoms with E-state index in [-0.39, 0.29) is 0 Å². The Morgan fingerprint density at radius 1 is 1.60 bits per heavy atom. The van der Waals surface area contributed by atoms with Gasteiger partial charge in [-0.2, -0.15) is 5.10 Å². The van der Waals surface area contributed by atoms with Crippen LogP contribution in [-0.2, 0) is 0 Å². The number of aryl methyl sites for hydroxylation is 1. The summed E-state index contributed by atoms with van der Waals surface area (Å²) in [6.45, 7) is 2.10. The normalized spacial score (nSPS) is 19.7. The van der Waals surface area contributed by atoms with Crippen molar-refractivity contribution in [1.29, 1.82) is 0 Å². The van der Waals surface area contributed by atoms with Gasteiger partial charge in [-0.1, -0.05) is 6.42 Å². The molecule has 10 heavy (non-hydrogen) atoms. The number of hydrogen-bond acceptors (Lipinski definition) is 1. The summed E-state index contributed by atoms with van der Waals surface area (Å²) in [7, 11) is 1.24. The van der Waals surface area contributed by atoms with Crippen LogP contribution in [0.25, 0.3) is 0 Å². The van der Waals surface area contributed by atoms with Gasteiger partial charge in [0, 0.05) is 13.6 Å². The van der Waals surface area contributed by atoms with Gasteiger partial charge in [0.2, 0.25) is 0 Å². The third-order valence-corrected chi connectivity index (χ3v) is 3.38. The summed E-state index contributed by atoms with van der Waals surface area (Å²) in [6.07, 6.45) is 4.19. The molecule has 0 unspecified atom stereocenters. The zero-order valence-electron chi connectivity index (χ0n) is 6.09. The Morgan fingerprint density at radius 3 is 2.80 bits per heavy atom. The SMILES string of the molecule is Cc1n[nH]pc1C1CCC1. The molecule has 0 spiro atoms. The van der Waals surface area contributed by atoms with E-state index in [1.54, 1.807) is 0 Å². The molecule has 1 aromatic heterocycles. The molecule has 1 heterocycles. The number of aromatic nitrogens is 2. The zero-order chi connectivity index (χ0) is 6.97. The molecular weight excluding hydrogens is 143 g/mol. The number of nitrogens with zero attached hydrogens (tertiary/aromatic N) is 1. The zero-order valence-corrected chi connectivity index (χ0v) is 6.99. The van der Waals surface area contributed by atoms with Crippen LogP contribution in [0.2, 0.25) is 0 Å². The highest BCUT2D eigenvalue weighted by molar-refractivity contribution is 7.26. The molecule has 1 aliphatic rings. The summed E-state index contributed by atoms with van der Waals surface area (Å²) in [5.41, 5.74) is 1.23. The van der Waals surface area contributed by atoms with Gasteiger partial charge in [0.05, 0.1) is 5.69 Å². The van der Waals surface area contributed by atoms with E-state index in [2.05, 4.69) is 16.9 Å². The maximum absolute atomic E-state index is 4.14. The lowest BCUT2D eigenvalue weighted by atomic mass is 9.84. The van der Waals surface area contributed by atoms with Gasteiger partial charge in [-0.25, -0.2) is 0 Å². The van der Waals surface area contributed by atoms with Crippen molar-refractivity contribution in [1.82, 2.24) is 9.96 Å². The van der Waals surface area contributed by atoms with E-state index in [1.165, 1.54) is 38.6 Å². The van der Waals surface area contributed by atoms with Gasteiger partial charge in [-0.3, -0.25) is 4.86 Å². The highest BCUT2D eigenvalue weighted by Gasteiger charge is 2.22. The lowest BCUT2D eigenvalue weighted by Gasteiger charge is -2.23. The molecule has 0 atom stereocenters. The average molecular weight is 154 g/mol. The minimum atomic E-state index is 0.861. The third-order valence-electron chi connectivity index (χ3n) is 2.25. The fourth-order valence-corrected chi connectivity index (χ4v) is 2.32. The van der Waals surface area contributed by atoms with Gasteiger partial charge in [-0.05, 0) is 25.7 Å². The van der Waals surface area contributed by atoms with Gasteiger partial charge in [0.25, 0.3) is 0 Å². The molecule has 0 radical (unpaired) electrons. The molecule has 3 heteroatoms. The van der Waals surface area contributed by atoms with Crippen LogP contribution in [0.1, 0.15) is 36.2 Å². The van der Waals surface area contributed by atoms with E-state index < -0.39 is 0 Å². The van der Waals surface area contributed by atoms with Crippen LogP contribution >= 0.6 is 8.35 Å². The fourth-order valence-electron chi connectivity index (χ4n) is 1.36. The quantitative estimate of drug-likeness (QED) is 0.661. The number of H-pyrrole nitrogens is 1. The number of hydrogen-bond donors (Lipinski definition) is 1. The Labute approximate surface area is 62.2 Å². The van der Waals surface area contributed by atoms with Crippen molar-refractivity contribution in [3.05, 3.63) is 11.0 Å². The average Bonchev–Trinajstić information content (AvgIpc) is 2.12. The van der Waals surface area contributed by atoms with Crippen molar-refractivity contribution in [3.63, 3.8) is 0 Å². The molecule has 54 valence electrons. The largest absolute Gasteiger partial charge is 0.260 e. The van der Waals surface area contributed by atoms with Crippen LogP contribution in [0.4, 0.5) is 0 Å². The molecule has 0 amide bonds. The summed E-state index contributed by atoms with van der Waals surface area (Å²) in [4.78, 5) is 2.99. The lowest BCUT2D eigenvalue weighted by molar-refractivity contribution is 0.424. The van der Waals surface area contributed by atoms with Crippen molar-refractivity contribution >= 4 is 8.35 Å². The number of nitrogens with one attached hydrogen (secondary N) is 1. The van der Waals surface area contributed by atoms with Crippen molar-refractivity contribution in [3.8, 4) is 0 Å². The molecule has 1 saturated carbocycles. The van der Waals surface area contributed by atoms with Crippen LogP contribution in [0.3, 0.4) is 0 Å². The maximum atomic E-state index is 4.14. The Morgan fingerprint density at radius 2 is 2.40 bits per heavy atom. The van der Waals surface area contributed by atoms with Gasteiger partial charge in [0.1, 0.15) is 0 Å². The van der Waals surface area contributed by atoms with Crippen LogP contribution in [0.5, 0.6) is 0 Å². The second kappa shape index (κ2) is 2.35.